The van der Waals surface area contributed by atoms with Crippen molar-refractivity contribution < 1.29 is 4.79 Å². The summed E-state index contributed by atoms with van der Waals surface area (Å²) < 4.78 is 1.85. The monoisotopic (exact) mass is 267 g/mol. The van der Waals surface area contributed by atoms with E-state index in [9.17, 15) is 4.79 Å². The zero-order chi connectivity index (χ0) is 14.3. The molecule has 1 aromatic rings. The topological polar surface area (TPSA) is 67.4 Å². The molecule has 0 atom stereocenters. The second-order valence-corrected chi connectivity index (χ2v) is 4.88. The third-order valence-electron chi connectivity index (χ3n) is 2.84. The predicted molar refractivity (Wildman–Crippen MR) is 76.0 cm³/mol. The molecule has 0 aliphatic heterocycles. The van der Waals surface area contributed by atoms with Crippen molar-refractivity contribution in [1.29, 1.82) is 0 Å². The SMILES string of the molecule is CCCN(CCN(C)C)C(=O)c1cn(CCN)cn1. The zero-order valence-corrected chi connectivity index (χ0v) is 12.2. The summed E-state index contributed by atoms with van der Waals surface area (Å²) >= 11 is 0. The van der Waals surface area contributed by atoms with Crippen LogP contribution in [0.15, 0.2) is 12.5 Å². The van der Waals surface area contributed by atoms with Gasteiger partial charge in [0.15, 0.2) is 0 Å². The van der Waals surface area contributed by atoms with Crippen molar-refractivity contribution in [2.24, 2.45) is 5.73 Å². The number of hydrogen-bond acceptors (Lipinski definition) is 4. The number of imidazole rings is 1. The van der Waals surface area contributed by atoms with Gasteiger partial charge in [-0.15, -0.1) is 0 Å². The van der Waals surface area contributed by atoms with Crippen LogP contribution in [0, 0.1) is 0 Å². The molecule has 1 rings (SSSR count). The molecule has 0 aliphatic carbocycles. The Morgan fingerprint density at radius 1 is 1.37 bits per heavy atom. The minimum absolute atomic E-state index is 0.000489. The van der Waals surface area contributed by atoms with Crippen LogP contribution in [0.3, 0.4) is 0 Å². The molecule has 0 aromatic carbocycles. The summed E-state index contributed by atoms with van der Waals surface area (Å²) in [7, 11) is 4.01. The van der Waals surface area contributed by atoms with E-state index in [0.29, 0.717) is 18.8 Å². The summed E-state index contributed by atoms with van der Waals surface area (Å²) in [5.41, 5.74) is 5.99. The smallest absolute Gasteiger partial charge is 0.274 e. The minimum atomic E-state index is -0.000489. The number of rotatable bonds is 8. The maximum absolute atomic E-state index is 12.4. The Balaban J connectivity index is 2.68. The van der Waals surface area contributed by atoms with Crippen molar-refractivity contribution in [2.75, 3.05) is 40.3 Å². The highest BCUT2D eigenvalue weighted by atomic mass is 16.2. The molecule has 108 valence electrons. The first-order valence-corrected chi connectivity index (χ1v) is 6.74. The van der Waals surface area contributed by atoms with Gasteiger partial charge < -0.3 is 20.1 Å². The third kappa shape index (κ3) is 5.00. The number of hydrogen-bond donors (Lipinski definition) is 1. The summed E-state index contributed by atoms with van der Waals surface area (Å²) in [5, 5.41) is 0. The number of amides is 1. The summed E-state index contributed by atoms with van der Waals surface area (Å²) in [6.45, 7) is 5.65. The number of carbonyl (C=O) groups is 1. The van der Waals surface area contributed by atoms with Gasteiger partial charge in [-0.3, -0.25) is 4.79 Å². The first-order chi connectivity index (χ1) is 9.08. The molecule has 6 nitrogen and oxygen atoms in total. The number of likely N-dealkylation sites (N-methyl/N-ethyl adjacent to an activating group) is 1. The molecule has 0 aliphatic rings. The third-order valence-corrected chi connectivity index (χ3v) is 2.84. The maximum atomic E-state index is 12.4. The van der Waals surface area contributed by atoms with E-state index >= 15 is 0 Å². The molecule has 0 bridgehead atoms. The van der Waals surface area contributed by atoms with E-state index in [4.69, 9.17) is 5.73 Å². The van der Waals surface area contributed by atoms with Crippen LogP contribution in [-0.2, 0) is 6.54 Å². The van der Waals surface area contributed by atoms with Crippen LogP contribution < -0.4 is 5.73 Å². The van der Waals surface area contributed by atoms with E-state index in [0.717, 1.165) is 26.1 Å². The average Bonchev–Trinajstić information content (AvgIpc) is 2.82. The molecule has 0 saturated heterocycles. The number of nitrogens with zero attached hydrogens (tertiary/aromatic N) is 4. The lowest BCUT2D eigenvalue weighted by atomic mass is 10.3. The highest BCUT2D eigenvalue weighted by Gasteiger charge is 2.17. The van der Waals surface area contributed by atoms with E-state index in [1.165, 1.54) is 0 Å². The fourth-order valence-corrected chi connectivity index (χ4v) is 1.81. The van der Waals surface area contributed by atoms with Crippen LogP contribution in [0.1, 0.15) is 23.8 Å². The van der Waals surface area contributed by atoms with E-state index in [1.54, 1.807) is 12.5 Å². The first-order valence-electron chi connectivity index (χ1n) is 6.74. The molecule has 0 radical (unpaired) electrons. The molecule has 19 heavy (non-hydrogen) atoms. The lowest BCUT2D eigenvalue weighted by molar-refractivity contribution is 0.0739. The fourth-order valence-electron chi connectivity index (χ4n) is 1.81. The van der Waals surface area contributed by atoms with Gasteiger partial charge in [0.1, 0.15) is 5.69 Å². The Kier molecular flexibility index (Phi) is 6.52. The van der Waals surface area contributed by atoms with Crippen LogP contribution in [0.25, 0.3) is 0 Å². The second kappa shape index (κ2) is 7.91. The van der Waals surface area contributed by atoms with Crippen LogP contribution >= 0.6 is 0 Å². The van der Waals surface area contributed by atoms with Crippen LogP contribution in [0.4, 0.5) is 0 Å². The van der Waals surface area contributed by atoms with Gasteiger partial charge in [-0.2, -0.15) is 0 Å². The molecule has 0 spiro atoms. The van der Waals surface area contributed by atoms with Crippen molar-refractivity contribution in [3.63, 3.8) is 0 Å². The number of nitrogens with two attached hydrogens (primary N) is 1. The quantitative estimate of drug-likeness (QED) is 0.733. The van der Waals surface area contributed by atoms with Gasteiger partial charge in [0, 0.05) is 38.9 Å². The first kappa shape index (κ1) is 15.7. The van der Waals surface area contributed by atoms with Gasteiger partial charge in [0.2, 0.25) is 0 Å². The Morgan fingerprint density at radius 3 is 2.68 bits per heavy atom. The van der Waals surface area contributed by atoms with Crippen LogP contribution in [0.2, 0.25) is 0 Å². The highest BCUT2D eigenvalue weighted by Crippen LogP contribution is 2.04. The van der Waals surface area contributed by atoms with Crippen molar-refractivity contribution in [2.45, 2.75) is 19.9 Å². The number of carbonyl (C=O) groups excluding carboxylic acids is 1. The molecule has 1 aromatic heterocycles. The molecular formula is C13H25N5O. The molecule has 2 N–H and O–H groups in total. The Bertz CT molecular complexity index is 388. The van der Waals surface area contributed by atoms with E-state index in [1.807, 2.05) is 23.6 Å². The van der Waals surface area contributed by atoms with Gasteiger partial charge in [0.25, 0.3) is 5.91 Å². The van der Waals surface area contributed by atoms with Gasteiger partial charge in [-0.1, -0.05) is 6.92 Å². The molecule has 1 heterocycles. The lowest BCUT2D eigenvalue weighted by Crippen LogP contribution is -2.37. The van der Waals surface area contributed by atoms with Crippen LogP contribution in [0.5, 0.6) is 0 Å². The summed E-state index contributed by atoms with van der Waals surface area (Å²) in [5.74, 6) is -0.000489. The standard InChI is InChI=1S/C13H25N5O/c1-4-6-18(9-8-16(2)3)13(19)12-10-17(7-5-14)11-15-12/h10-11H,4-9,14H2,1-3H3. The van der Waals surface area contributed by atoms with Crippen molar-refractivity contribution in [1.82, 2.24) is 19.4 Å². The average molecular weight is 267 g/mol. The van der Waals surface area contributed by atoms with E-state index in [2.05, 4.69) is 16.8 Å². The van der Waals surface area contributed by atoms with Crippen LogP contribution in [-0.4, -0.2) is 65.5 Å². The Morgan fingerprint density at radius 2 is 2.11 bits per heavy atom. The van der Waals surface area contributed by atoms with E-state index < -0.39 is 0 Å². The molecule has 1 amide bonds. The Labute approximate surface area is 115 Å². The maximum Gasteiger partial charge on any atom is 0.274 e. The molecule has 0 fully saturated rings. The number of aromatic nitrogens is 2. The molecule has 6 heteroatoms. The normalized spacial score (nSPS) is 11.0. The summed E-state index contributed by atoms with van der Waals surface area (Å²) in [4.78, 5) is 20.5. The van der Waals surface area contributed by atoms with Gasteiger partial charge >= 0.3 is 0 Å². The fraction of sp³-hybridized carbons (Fsp3) is 0.692. The minimum Gasteiger partial charge on any atom is -0.336 e. The predicted octanol–water partition coefficient (Wildman–Crippen LogP) is 0.256. The van der Waals surface area contributed by atoms with E-state index in [-0.39, 0.29) is 5.91 Å². The highest BCUT2D eigenvalue weighted by molar-refractivity contribution is 5.92. The van der Waals surface area contributed by atoms with Gasteiger partial charge in [0.05, 0.1) is 6.33 Å². The summed E-state index contributed by atoms with van der Waals surface area (Å²) in [6.07, 6.45) is 4.38. The van der Waals surface area contributed by atoms with Crippen molar-refractivity contribution in [3.8, 4) is 0 Å². The lowest BCUT2D eigenvalue weighted by Gasteiger charge is -2.23. The Hall–Kier alpha value is -1.40. The van der Waals surface area contributed by atoms with Gasteiger partial charge in [-0.25, -0.2) is 4.98 Å². The largest absolute Gasteiger partial charge is 0.336 e. The molecular weight excluding hydrogens is 242 g/mol. The van der Waals surface area contributed by atoms with Crippen molar-refractivity contribution in [3.05, 3.63) is 18.2 Å². The molecule has 0 unspecified atom stereocenters. The van der Waals surface area contributed by atoms with Crippen molar-refractivity contribution >= 4 is 5.91 Å². The molecule has 0 saturated carbocycles. The zero-order valence-electron chi connectivity index (χ0n) is 12.2. The summed E-state index contributed by atoms with van der Waals surface area (Å²) in [6, 6.07) is 0. The second-order valence-electron chi connectivity index (χ2n) is 4.88. The van der Waals surface area contributed by atoms with Gasteiger partial charge in [-0.05, 0) is 20.5 Å².